The predicted octanol–water partition coefficient (Wildman–Crippen LogP) is 5.15. The number of ether oxygens (including phenoxy) is 3. The SMILES string of the molecule is CC[C@@H](C[C@@H]1COCCO1)c1[nH]c(-c2ccncc2F)c(Nc2cccc(F)c2OC)c1CC=O. The van der Waals surface area contributed by atoms with Crippen LogP contribution in [0.15, 0.2) is 36.7 Å². The average molecular weight is 486 g/mol. The van der Waals surface area contributed by atoms with Crippen molar-refractivity contribution in [3.05, 3.63) is 59.6 Å². The average Bonchev–Trinajstić information content (AvgIpc) is 3.21. The van der Waals surface area contributed by atoms with Crippen molar-refractivity contribution in [2.75, 3.05) is 32.2 Å². The van der Waals surface area contributed by atoms with E-state index in [1.807, 2.05) is 0 Å². The topological polar surface area (TPSA) is 85.5 Å². The highest BCUT2D eigenvalue weighted by atomic mass is 19.1. The second-order valence-corrected chi connectivity index (χ2v) is 8.35. The van der Waals surface area contributed by atoms with E-state index in [9.17, 15) is 13.6 Å². The van der Waals surface area contributed by atoms with Gasteiger partial charge in [0.05, 0.1) is 56.3 Å². The third-order valence-corrected chi connectivity index (χ3v) is 6.23. The summed E-state index contributed by atoms with van der Waals surface area (Å²) in [5.41, 5.74) is 3.06. The molecule has 0 saturated carbocycles. The van der Waals surface area contributed by atoms with Crippen LogP contribution in [0.3, 0.4) is 0 Å². The lowest BCUT2D eigenvalue weighted by Gasteiger charge is -2.27. The molecule has 0 bridgehead atoms. The van der Waals surface area contributed by atoms with Gasteiger partial charge in [-0.1, -0.05) is 13.0 Å². The molecular weight excluding hydrogens is 456 g/mol. The number of rotatable bonds is 10. The van der Waals surface area contributed by atoms with Gasteiger partial charge in [-0.05, 0) is 31.0 Å². The fourth-order valence-corrected chi connectivity index (χ4v) is 4.55. The zero-order valence-electron chi connectivity index (χ0n) is 19.8. The molecule has 9 heteroatoms. The summed E-state index contributed by atoms with van der Waals surface area (Å²) in [5, 5.41) is 3.22. The molecule has 1 aliphatic heterocycles. The maximum absolute atomic E-state index is 14.9. The third kappa shape index (κ3) is 5.36. The van der Waals surface area contributed by atoms with Gasteiger partial charge in [-0.2, -0.15) is 0 Å². The smallest absolute Gasteiger partial charge is 0.177 e. The first-order valence-electron chi connectivity index (χ1n) is 11.6. The zero-order chi connectivity index (χ0) is 24.8. The molecule has 2 aromatic heterocycles. The van der Waals surface area contributed by atoms with Crippen LogP contribution in [0.5, 0.6) is 5.75 Å². The van der Waals surface area contributed by atoms with Gasteiger partial charge in [0.15, 0.2) is 17.4 Å². The van der Waals surface area contributed by atoms with Gasteiger partial charge in [0.2, 0.25) is 0 Å². The van der Waals surface area contributed by atoms with Gasteiger partial charge in [0.25, 0.3) is 0 Å². The number of hydrogen-bond donors (Lipinski definition) is 2. The van der Waals surface area contributed by atoms with Crippen molar-refractivity contribution in [1.82, 2.24) is 9.97 Å². The number of nitrogens with one attached hydrogen (secondary N) is 2. The van der Waals surface area contributed by atoms with Crippen LogP contribution in [0.2, 0.25) is 0 Å². The van der Waals surface area contributed by atoms with Crippen molar-refractivity contribution in [2.24, 2.45) is 0 Å². The first-order valence-corrected chi connectivity index (χ1v) is 11.6. The lowest BCUT2D eigenvalue weighted by Crippen LogP contribution is -2.30. The number of aldehydes is 1. The molecule has 0 amide bonds. The summed E-state index contributed by atoms with van der Waals surface area (Å²) in [6.45, 7) is 3.65. The monoisotopic (exact) mass is 485 g/mol. The molecule has 1 aromatic carbocycles. The maximum atomic E-state index is 14.9. The Labute approximate surface area is 202 Å². The van der Waals surface area contributed by atoms with Gasteiger partial charge < -0.3 is 29.3 Å². The Morgan fingerprint density at radius 2 is 2.14 bits per heavy atom. The van der Waals surface area contributed by atoms with Crippen molar-refractivity contribution in [3.63, 3.8) is 0 Å². The van der Waals surface area contributed by atoms with Gasteiger partial charge in [-0.15, -0.1) is 0 Å². The second kappa shape index (κ2) is 11.4. The van der Waals surface area contributed by atoms with Crippen LogP contribution >= 0.6 is 0 Å². The number of methoxy groups -OCH3 is 1. The first kappa shape index (κ1) is 24.8. The summed E-state index contributed by atoms with van der Waals surface area (Å²) in [5.74, 6) is -1.05. The molecule has 0 aliphatic carbocycles. The number of carbonyl (C=O) groups is 1. The molecular formula is C26H29F2N3O4. The van der Waals surface area contributed by atoms with Crippen molar-refractivity contribution < 1.29 is 27.8 Å². The quantitative estimate of drug-likeness (QED) is 0.387. The number of pyridine rings is 1. The Bertz CT molecular complexity index is 1160. The summed E-state index contributed by atoms with van der Waals surface area (Å²) in [6, 6.07) is 6.07. The number of para-hydroxylation sites is 1. The Morgan fingerprint density at radius 1 is 1.29 bits per heavy atom. The maximum Gasteiger partial charge on any atom is 0.177 e. The fourth-order valence-electron chi connectivity index (χ4n) is 4.55. The van der Waals surface area contributed by atoms with E-state index in [0.29, 0.717) is 48.9 Å². The van der Waals surface area contributed by atoms with E-state index in [1.165, 1.54) is 19.4 Å². The number of aromatic nitrogens is 2. The summed E-state index contributed by atoms with van der Waals surface area (Å²) >= 11 is 0. The first-order chi connectivity index (χ1) is 17.1. The minimum absolute atomic E-state index is 0.00902. The van der Waals surface area contributed by atoms with Crippen LogP contribution in [-0.4, -0.2) is 49.3 Å². The molecule has 3 heterocycles. The summed E-state index contributed by atoms with van der Waals surface area (Å²) in [4.78, 5) is 19.0. The number of hydrogen-bond acceptors (Lipinski definition) is 6. The van der Waals surface area contributed by atoms with Crippen LogP contribution in [-0.2, 0) is 20.7 Å². The molecule has 1 fully saturated rings. The van der Waals surface area contributed by atoms with Gasteiger partial charge in [-0.25, -0.2) is 8.78 Å². The summed E-state index contributed by atoms with van der Waals surface area (Å²) in [6.07, 6.45) is 4.86. The Balaban J connectivity index is 1.85. The molecule has 2 atom stereocenters. The van der Waals surface area contributed by atoms with Crippen LogP contribution < -0.4 is 10.1 Å². The molecule has 1 saturated heterocycles. The second-order valence-electron chi connectivity index (χ2n) is 8.35. The number of benzene rings is 1. The van der Waals surface area contributed by atoms with Crippen LogP contribution in [0.25, 0.3) is 11.3 Å². The van der Waals surface area contributed by atoms with Crippen LogP contribution in [0, 0.1) is 11.6 Å². The molecule has 186 valence electrons. The number of aromatic amines is 1. The standard InChI is InChI=1S/C26H29F2N3O4/c1-3-16(13-17-15-34-11-12-35-17)23-19(8-10-32)25(24(31-23)18-7-9-29-14-21(18)28)30-22-6-4-5-20(27)26(22)33-2/h4-7,9-10,14,16-17,30-31H,3,8,11-13,15H2,1-2H3/t16-,17+/m0/s1. The number of carbonyl (C=O) groups excluding carboxylic acids is 1. The molecule has 4 rings (SSSR count). The summed E-state index contributed by atoms with van der Waals surface area (Å²) < 4.78 is 46.0. The molecule has 35 heavy (non-hydrogen) atoms. The molecule has 7 nitrogen and oxygen atoms in total. The van der Waals surface area contributed by atoms with E-state index in [-0.39, 0.29) is 29.8 Å². The van der Waals surface area contributed by atoms with Crippen molar-refractivity contribution >= 4 is 17.7 Å². The highest BCUT2D eigenvalue weighted by Gasteiger charge is 2.28. The normalized spacial score (nSPS) is 16.6. The van der Waals surface area contributed by atoms with Gasteiger partial charge in [0, 0.05) is 35.4 Å². The van der Waals surface area contributed by atoms with E-state index >= 15 is 0 Å². The zero-order valence-corrected chi connectivity index (χ0v) is 19.8. The highest BCUT2D eigenvalue weighted by molar-refractivity contribution is 5.85. The van der Waals surface area contributed by atoms with Gasteiger partial charge in [-0.3, -0.25) is 4.98 Å². The van der Waals surface area contributed by atoms with E-state index in [0.717, 1.165) is 24.6 Å². The molecule has 0 unspecified atom stereocenters. The van der Waals surface area contributed by atoms with Crippen molar-refractivity contribution in [2.45, 2.75) is 38.2 Å². The van der Waals surface area contributed by atoms with Crippen LogP contribution in [0.4, 0.5) is 20.2 Å². The van der Waals surface area contributed by atoms with E-state index in [2.05, 4.69) is 22.2 Å². The fraction of sp³-hybridized carbons (Fsp3) is 0.385. The highest BCUT2D eigenvalue weighted by Crippen LogP contribution is 2.42. The Kier molecular flexibility index (Phi) is 8.09. The number of anilines is 2. The molecule has 3 aromatic rings. The van der Waals surface area contributed by atoms with Gasteiger partial charge >= 0.3 is 0 Å². The summed E-state index contributed by atoms with van der Waals surface area (Å²) in [7, 11) is 1.38. The van der Waals surface area contributed by atoms with E-state index in [1.54, 1.807) is 18.2 Å². The number of halogens is 2. The predicted molar refractivity (Wildman–Crippen MR) is 128 cm³/mol. The molecule has 2 N–H and O–H groups in total. The molecule has 0 radical (unpaired) electrons. The van der Waals surface area contributed by atoms with Crippen LogP contribution in [0.1, 0.15) is 36.9 Å². The minimum atomic E-state index is -0.539. The Hall–Kier alpha value is -3.30. The molecule has 0 spiro atoms. The van der Waals surface area contributed by atoms with Crippen molar-refractivity contribution in [3.8, 4) is 17.0 Å². The van der Waals surface area contributed by atoms with Crippen molar-refractivity contribution in [1.29, 1.82) is 0 Å². The van der Waals surface area contributed by atoms with E-state index in [4.69, 9.17) is 14.2 Å². The lowest BCUT2D eigenvalue weighted by atomic mass is 9.91. The largest absolute Gasteiger partial charge is 0.492 e. The lowest BCUT2D eigenvalue weighted by molar-refractivity contribution is -0.107. The van der Waals surface area contributed by atoms with E-state index < -0.39 is 11.6 Å². The number of nitrogens with zero attached hydrogens (tertiary/aromatic N) is 1. The van der Waals surface area contributed by atoms with Gasteiger partial charge in [0.1, 0.15) is 6.29 Å². The minimum Gasteiger partial charge on any atom is -0.492 e. The molecule has 1 aliphatic rings. The Morgan fingerprint density at radius 3 is 2.83 bits per heavy atom. The number of H-pyrrole nitrogens is 1. The third-order valence-electron chi connectivity index (χ3n) is 6.23.